The van der Waals surface area contributed by atoms with Crippen LogP contribution >= 0.6 is 15.9 Å². The molecule has 0 fully saturated rings. The molecule has 0 radical (unpaired) electrons. The third-order valence-electron chi connectivity index (χ3n) is 1.86. The van der Waals surface area contributed by atoms with Gasteiger partial charge in [-0.2, -0.15) is 13.2 Å². The summed E-state index contributed by atoms with van der Waals surface area (Å²) in [5, 5.41) is 0. The van der Waals surface area contributed by atoms with Gasteiger partial charge < -0.3 is 4.55 Å². The molecule has 0 saturated carbocycles. The molecule has 1 aromatic rings. The first-order chi connectivity index (χ1) is 8.27. The smallest absolute Gasteiger partial charge is 0.485 e. The van der Waals surface area contributed by atoms with Crippen LogP contribution in [0.3, 0.4) is 0 Å². The molecule has 1 aromatic carbocycles. The average molecular weight is 364 g/mol. The quantitative estimate of drug-likeness (QED) is 0.437. The maximum absolute atomic E-state index is 10.7. The van der Waals surface area contributed by atoms with Gasteiger partial charge in [0, 0.05) is 6.07 Å². The number of quaternary nitrogens is 1. The van der Waals surface area contributed by atoms with Crippen molar-refractivity contribution < 1.29 is 26.1 Å². The SMILES string of the molecule is C[N+](C)(C)c1ccccc1Br.O=S(=O)([O-])C(F)(F)F. The molecular weight excluding hydrogens is 351 g/mol. The largest absolute Gasteiger partial charge is 0.741 e. The molecule has 0 bridgehead atoms. The van der Waals surface area contributed by atoms with Gasteiger partial charge in [-0.1, -0.05) is 12.1 Å². The fourth-order valence-corrected chi connectivity index (χ4v) is 1.81. The van der Waals surface area contributed by atoms with Crippen molar-refractivity contribution in [2.75, 3.05) is 21.1 Å². The molecule has 0 aliphatic rings. The molecule has 0 spiro atoms. The number of hydrogen-bond donors (Lipinski definition) is 0. The van der Waals surface area contributed by atoms with Gasteiger partial charge >= 0.3 is 5.51 Å². The van der Waals surface area contributed by atoms with Crippen LogP contribution in [-0.2, 0) is 10.1 Å². The maximum Gasteiger partial charge on any atom is 0.485 e. The second-order valence-corrected chi connectivity index (χ2v) is 6.59. The molecule has 4 nitrogen and oxygen atoms in total. The van der Waals surface area contributed by atoms with Crippen molar-refractivity contribution in [3.05, 3.63) is 28.7 Å². The highest BCUT2D eigenvalue weighted by atomic mass is 79.9. The minimum atomic E-state index is -6.09. The normalized spacial score (nSPS) is 12.6. The molecule has 0 N–H and O–H groups in total. The maximum atomic E-state index is 10.7. The molecule has 0 atom stereocenters. The molecule has 0 saturated heterocycles. The Morgan fingerprint density at radius 1 is 1.16 bits per heavy atom. The van der Waals surface area contributed by atoms with Crippen molar-refractivity contribution in [2.45, 2.75) is 5.51 Å². The van der Waals surface area contributed by atoms with Gasteiger partial charge in [-0.15, -0.1) is 0 Å². The van der Waals surface area contributed by atoms with Crippen LogP contribution in [0.25, 0.3) is 0 Å². The Bertz CT molecular complexity index is 524. The van der Waals surface area contributed by atoms with Gasteiger partial charge in [-0.05, 0) is 22.0 Å². The third-order valence-corrected chi connectivity index (χ3v) is 3.10. The predicted molar refractivity (Wildman–Crippen MR) is 69.5 cm³/mol. The molecule has 0 aliphatic heterocycles. The van der Waals surface area contributed by atoms with E-state index in [2.05, 4.69) is 55.3 Å². The molecule has 110 valence electrons. The highest BCUT2D eigenvalue weighted by Gasteiger charge is 2.36. The van der Waals surface area contributed by atoms with Crippen LogP contribution in [0.2, 0.25) is 0 Å². The van der Waals surface area contributed by atoms with Crippen molar-refractivity contribution in [3.63, 3.8) is 0 Å². The van der Waals surface area contributed by atoms with Crippen LogP contribution in [-0.4, -0.2) is 39.6 Å². The summed E-state index contributed by atoms with van der Waals surface area (Å²) in [4.78, 5) is 0. The molecule has 0 heterocycles. The van der Waals surface area contributed by atoms with Crippen LogP contribution in [0.15, 0.2) is 28.7 Å². The Morgan fingerprint density at radius 2 is 1.53 bits per heavy atom. The van der Waals surface area contributed by atoms with Gasteiger partial charge in [0.1, 0.15) is 5.69 Å². The van der Waals surface area contributed by atoms with E-state index in [9.17, 15) is 13.2 Å². The molecule has 1 rings (SSSR count). The lowest BCUT2D eigenvalue weighted by molar-refractivity contribution is -0.0517. The summed E-state index contributed by atoms with van der Waals surface area (Å²) in [5.74, 6) is 0. The van der Waals surface area contributed by atoms with Gasteiger partial charge in [0.2, 0.25) is 0 Å². The van der Waals surface area contributed by atoms with E-state index in [4.69, 9.17) is 13.0 Å². The second kappa shape index (κ2) is 6.21. The zero-order valence-electron chi connectivity index (χ0n) is 10.4. The molecular formula is C10H13BrF3NO3S. The lowest BCUT2D eigenvalue weighted by Crippen LogP contribution is -2.34. The average Bonchev–Trinajstić information content (AvgIpc) is 2.14. The minimum Gasteiger partial charge on any atom is -0.741 e. The summed E-state index contributed by atoms with van der Waals surface area (Å²) >= 11 is 3.52. The minimum absolute atomic E-state index is 0.849. The molecule has 0 aliphatic carbocycles. The van der Waals surface area contributed by atoms with Gasteiger partial charge in [0.05, 0.1) is 25.6 Å². The Labute approximate surface area is 118 Å². The van der Waals surface area contributed by atoms with E-state index < -0.39 is 15.6 Å². The van der Waals surface area contributed by atoms with Crippen molar-refractivity contribution in [2.24, 2.45) is 0 Å². The number of alkyl halides is 3. The Hall–Kier alpha value is -0.640. The lowest BCUT2D eigenvalue weighted by Gasteiger charge is -2.24. The van der Waals surface area contributed by atoms with E-state index in [-0.39, 0.29) is 0 Å². The Kier molecular flexibility index (Phi) is 6.00. The first-order valence-electron chi connectivity index (χ1n) is 4.85. The standard InChI is InChI=1S/C9H13BrN.CHF3O3S/c1-11(2,3)9-7-5-4-6-8(9)10;2-1(3,4)8(5,6)7/h4-7H,1-3H3;(H,5,6,7)/q+1;/p-1. The summed E-state index contributed by atoms with van der Waals surface area (Å²) < 4.78 is 60.9. The van der Waals surface area contributed by atoms with E-state index in [1.807, 2.05) is 6.07 Å². The summed E-state index contributed by atoms with van der Waals surface area (Å²) in [6.45, 7) is 0. The number of hydrogen-bond acceptors (Lipinski definition) is 3. The zero-order valence-corrected chi connectivity index (χ0v) is 12.8. The van der Waals surface area contributed by atoms with Crippen molar-refractivity contribution in [1.29, 1.82) is 0 Å². The summed E-state index contributed by atoms with van der Waals surface area (Å²) in [5.41, 5.74) is -4.35. The topological polar surface area (TPSA) is 57.2 Å². The summed E-state index contributed by atoms with van der Waals surface area (Å²) in [7, 11) is 0.368. The Morgan fingerprint density at radius 3 is 1.74 bits per heavy atom. The number of benzene rings is 1. The highest BCUT2D eigenvalue weighted by molar-refractivity contribution is 9.10. The van der Waals surface area contributed by atoms with E-state index in [1.54, 1.807) is 0 Å². The van der Waals surface area contributed by atoms with Crippen molar-refractivity contribution >= 4 is 31.7 Å². The van der Waals surface area contributed by atoms with Gasteiger partial charge in [-0.3, -0.25) is 4.48 Å². The van der Waals surface area contributed by atoms with E-state index in [1.165, 1.54) is 10.2 Å². The third kappa shape index (κ3) is 6.37. The van der Waals surface area contributed by atoms with E-state index in [0.717, 1.165) is 4.48 Å². The van der Waals surface area contributed by atoms with Crippen molar-refractivity contribution in [1.82, 2.24) is 4.48 Å². The van der Waals surface area contributed by atoms with Crippen LogP contribution in [0.4, 0.5) is 18.9 Å². The molecule has 0 aromatic heterocycles. The fourth-order valence-electron chi connectivity index (χ4n) is 0.996. The first kappa shape index (κ1) is 18.4. The molecule has 0 amide bonds. The van der Waals surface area contributed by atoms with Crippen LogP contribution < -0.4 is 4.48 Å². The monoisotopic (exact) mass is 363 g/mol. The summed E-state index contributed by atoms with van der Waals surface area (Å²) in [6, 6.07) is 8.29. The molecule has 9 heteroatoms. The van der Waals surface area contributed by atoms with Crippen LogP contribution in [0.5, 0.6) is 0 Å². The number of nitrogens with zero attached hydrogens (tertiary/aromatic N) is 1. The Balaban J connectivity index is 0.000000362. The number of para-hydroxylation sites is 1. The zero-order chi connectivity index (χ0) is 15.5. The van der Waals surface area contributed by atoms with E-state index in [0.29, 0.717) is 0 Å². The van der Waals surface area contributed by atoms with E-state index >= 15 is 0 Å². The summed E-state index contributed by atoms with van der Waals surface area (Å²) in [6.07, 6.45) is 0. The number of halogens is 4. The first-order valence-corrected chi connectivity index (χ1v) is 7.05. The second-order valence-electron chi connectivity index (χ2n) is 4.36. The predicted octanol–water partition coefficient (Wildman–Crippen LogP) is 2.70. The molecule has 19 heavy (non-hydrogen) atoms. The fraction of sp³-hybridized carbons (Fsp3) is 0.400. The van der Waals surface area contributed by atoms with Crippen LogP contribution in [0, 0.1) is 0 Å². The van der Waals surface area contributed by atoms with Gasteiger partial charge in [0.25, 0.3) is 0 Å². The molecule has 0 unspecified atom stereocenters. The van der Waals surface area contributed by atoms with Gasteiger partial charge in [0.15, 0.2) is 10.1 Å². The van der Waals surface area contributed by atoms with Gasteiger partial charge in [-0.25, -0.2) is 8.42 Å². The van der Waals surface area contributed by atoms with Crippen LogP contribution in [0.1, 0.15) is 0 Å². The lowest BCUT2D eigenvalue weighted by atomic mass is 10.3. The van der Waals surface area contributed by atoms with Crippen molar-refractivity contribution in [3.8, 4) is 0 Å². The highest BCUT2D eigenvalue weighted by Crippen LogP contribution is 2.26. The number of rotatable bonds is 1.